The quantitative estimate of drug-likeness (QED) is 0.865. The third-order valence-electron chi connectivity index (χ3n) is 2.85. The van der Waals surface area contributed by atoms with Gasteiger partial charge in [-0.25, -0.2) is 0 Å². The molecule has 1 saturated heterocycles. The van der Waals surface area contributed by atoms with Crippen molar-refractivity contribution >= 4 is 28.8 Å². The molecule has 0 spiro atoms. The van der Waals surface area contributed by atoms with Gasteiger partial charge in [0.15, 0.2) is 0 Å². The van der Waals surface area contributed by atoms with Crippen LogP contribution < -0.4 is 10.6 Å². The molecule has 1 aromatic rings. The van der Waals surface area contributed by atoms with Gasteiger partial charge in [-0.1, -0.05) is 11.6 Å². The molecule has 1 amide bonds. The van der Waals surface area contributed by atoms with Crippen molar-refractivity contribution in [1.29, 1.82) is 0 Å². The minimum atomic E-state index is -0.106. The number of carbonyl (C=O) groups excluding carboxylic acids is 1. The Morgan fingerprint density at radius 3 is 2.94 bits per heavy atom. The number of nitrogens with one attached hydrogen (secondary N) is 2. The Bertz CT molecular complexity index is 376. The van der Waals surface area contributed by atoms with Gasteiger partial charge in [0.1, 0.15) is 0 Å². The molecule has 16 heavy (non-hydrogen) atoms. The molecule has 1 unspecified atom stereocenters. The average Bonchev–Trinajstić information content (AvgIpc) is 2.61. The van der Waals surface area contributed by atoms with Crippen molar-refractivity contribution in [2.75, 3.05) is 19.6 Å². The fourth-order valence-electron chi connectivity index (χ4n) is 1.58. The number of carbonyl (C=O) groups is 1. The van der Waals surface area contributed by atoms with Crippen LogP contribution in [-0.4, -0.2) is 25.5 Å². The van der Waals surface area contributed by atoms with E-state index in [1.54, 1.807) is 0 Å². The predicted octanol–water partition coefficient (Wildman–Crippen LogP) is 1.84. The van der Waals surface area contributed by atoms with Crippen molar-refractivity contribution in [1.82, 2.24) is 10.6 Å². The lowest BCUT2D eigenvalue weighted by molar-refractivity contribution is -0.122. The minimum Gasteiger partial charge on any atom is -0.355 e. The van der Waals surface area contributed by atoms with Gasteiger partial charge in [-0.2, -0.15) is 0 Å². The lowest BCUT2D eigenvalue weighted by atomic mass is 10.0. The monoisotopic (exact) mass is 258 g/mol. The molecular formula is C11H15ClN2OS. The highest BCUT2D eigenvalue weighted by Gasteiger charge is 2.20. The summed E-state index contributed by atoms with van der Waals surface area (Å²) in [5.74, 6) is 0.582. The van der Waals surface area contributed by atoms with Crippen LogP contribution in [0.25, 0.3) is 0 Å². The van der Waals surface area contributed by atoms with Gasteiger partial charge in [0.2, 0.25) is 5.91 Å². The van der Waals surface area contributed by atoms with Crippen LogP contribution in [0.5, 0.6) is 0 Å². The van der Waals surface area contributed by atoms with Crippen LogP contribution in [0.4, 0.5) is 0 Å². The molecule has 0 radical (unpaired) electrons. The molecule has 3 nitrogen and oxygen atoms in total. The molecule has 0 bridgehead atoms. The lowest BCUT2D eigenvalue weighted by Gasteiger charge is -2.27. The van der Waals surface area contributed by atoms with E-state index in [0.717, 1.165) is 28.8 Å². The fourth-order valence-corrected chi connectivity index (χ4v) is 2.69. The summed E-state index contributed by atoms with van der Waals surface area (Å²) < 4.78 is 0.734. The zero-order valence-corrected chi connectivity index (χ0v) is 10.7. The summed E-state index contributed by atoms with van der Waals surface area (Å²) in [5.41, 5.74) is 0. The number of rotatable bonds is 4. The summed E-state index contributed by atoms with van der Waals surface area (Å²) >= 11 is 7.32. The molecule has 2 heterocycles. The third kappa shape index (κ3) is 2.75. The van der Waals surface area contributed by atoms with Gasteiger partial charge in [0.25, 0.3) is 0 Å². The van der Waals surface area contributed by atoms with Crippen molar-refractivity contribution in [2.45, 2.75) is 12.8 Å². The van der Waals surface area contributed by atoms with Crippen molar-refractivity contribution in [3.8, 4) is 0 Å². The number of amides is 1. The molecule has 0 aromatic carbocycles. The molecule has 1 aromatic heterocycles. The highest BCUT2D eigenvalue weighted by Crippen LogP contribution is 2.28. The molecular weight excluding hydrogens is 244 g/mol. The third-order valence-corrected chi connectivity index (χ3v) is 4.26. The first-order valence-corrected chi connectivity index (χ1v) is 6.60. The molecule has 5 heteroatoms. The van der Waals surface area contributed by atoms with E-state index in [1.165, 1.54) is 11.3 Å². The van der Waals surface area contributed by atoms with Gasteiger partial charge >= 0.3 is 0 Å². The van der Waals surface area contributed by atoms with Gasteiger partial charge in [0.05, 0.1) is 10.3 Å². The van der Waals surface area contributed by atoms with Gasteiger partial charge < -0.3 is 10.6 Å². The fraction of sp³-hybridized carbons (Fsp3) is 0.545. The first-order valence-electron chi connectivity index (χ1n) is 5.40. The van der Waals surface area contributed by atoms with Gasteiger partial charge in [-0.3, -0.25) is 4.79 Å². The maximum absolute atomic E-state index is 11.8. The van der Waals surface area contributed by atoms with E-state index in [-0.39, 0.29) is 11.8 Å². The van der Waals surface area contributed by atoms with Gasteiger partial charge in [0, 0.05) is 30.4 Å². The zero-order chi connectivity index (χ0) is 11.5. The van der Waals surface area contributed by atoms with E-state index in [0.29, 0.717) is 5.92 Å². The highest BCUT2D eigenvalue weighted by molar-refractivity contribution is 7.16. The van der Waals surface area contributed by atoms with E-state index < -0.39 is 0 Å². The summed E-state index contributed by atoms with van der Waals surface area (Å²) in [6, 6.07) is 3.75. The molecule has 1 aliphatic rings. The molecule has 1 atom stereocenters. The number of hydrogen-bond acceptors (Lipinski definition) is 3. The molecule has 2 rings (SSSR count). The van der Waals surface area contributed by atoms with Crippen LogP contribution in [0.1, 0.15) is 17.7 Å². The van der Waals surface area contributed by atoms with E-state index in [4.69, 9.17) is 11.6 Å². The second-order valence-electron chi connectivity index (χ2n) is 4.13. The Labute approximate surface area is 104 Å². The van der Waals surface area contributed by atoms with Crippen LogP contribution >= 0.6 is 22.9 Å². The second-order valence-corrected chi connectivity index (χ2v) is 5.88. The van der Waals surface area contributed by atoms with E-state index in [2.05, 4.69) is 10.6 Å². The zero-order valence-electron chi connectivity index (χ0n) is 9.13. The van der Waals surface area contributed by atoms with E-state index >= 15 is 0 Å². The van der Waals surface area contributed by atoms with Crippen LogP contribution in [0.3, 0.4) is 0 Å². The van der Waals surface area contributed by atoms with Gasteiger partial charge in [-0.05, 0) is 19.1 Å². The van der Waals surface area contributed by atoms with Crippen molar-refractivity contribution < 1.29 is 4.79 Å². The molecule has 0 aliphatic carbocycles. The Balaban J connectivity index is 1.83. The topological polar surface area (TPSA) is 41.1 Å². The Hall–Kier alpha value is -0.580. The van der Waals surface area contributed by atoms with E-state index in [1.807, 2.05) is 19.1 Å². The molecule has 88 valence electrons. The van der Waals surface area contributed by atoms with Crippen LogP contribution in [0, 0.1) is 5.92 Å². The van der Waals surface area contributed by atoms with Gasteiger partial charge in [-0.15, -0.1) is 11.3 Å². The standard InChI is InChI=1S/C11H15ClN2OS/c1-7(9-2-3-10(12)16-9)11(15)14-6-8-4-13-5-8/h2-3,7-8,13H,4-6H2,1H3,(H,14,15). The second kappa shape index (κ2) is 5.17. The maximum atomic E-state index is 11.8. The number of halogens is 1. The van der Waals surface area contributed by atoms with E-state index in [9.17, 15) is 4.79 Å². The Morgan fingerprint density at radius 1 is 1.69 bits per heavy atom. The largest absolute Gasteiger partial charge is 0.355 e. The summed E-state index contributed by atoms with van der Waals surface area (Å²) in [5, 5.41) is 6.16. The first-order chi connectivity index (χ1) is 7.66. The Morgan fingerprint density at radius 2 is 2.44 bits per heavy atom. The summed E-state index contributed by atoms with van der Waals surface area (Å²) in [4.78, 5) is 12.9. The summed E-state index contributed by atoms with van der Waals surface area (Å²) in [6.45, 7) is 4.71. The molecule has 2 N–H and O–H groups in total. The SMILES string of the molecule is CC(C(=O)NCC1CNC1)c1ccc(Cl)s1. The van der Waals surface area contributed by atoms with Crippen molar-refractivity contribution in [3.63, 3.8) is 0 Å². The minimum absolute atomic E-state index is 0.0883. The molecule has 1 fully saturated rings. The smallest absolute Gasteiger partial charge is 0.228 e. The Kier molecular flexibility index (Phi) is 3.84. The van der Waals surface area contributed by atoms with Crippen molar-refractivity contribution in [2.24, 2.45) is 5.92 Å². The van der Waals surface area contributed by atoms with Crippen molar-refractivity contribution in [3.05, 3.63) is 21.3 Å². The summed E-state index contributed by atoms with van der Waals surface area (Å²) in [7, 11) is 0. The number of hydrogen-bond donors (Lipinski definition) is 2. The lowest BCUT2D eigenvalue weighted by Crippen LogP contribution is -2.48. The predicted molar refractivity (Wildman–Crippen MR) is 67.1 cm³/mol. The molecule has 0 saturated carbocycles. The normalized spacial score (nSPS) is 17.9. The van der Waals surface area contributed by atoms with Crippen LogP contribution in [-0.2, 0) is 4.79 Å². The summed E-state index contributed by atoms with van der Waals surface area (Å²) in [6.07, 6.45) is 0. The maximum Gasteiger partial charge on any atom is 0.228 e. The van der Waals surface area contributed by atoms with Crippen LogP contribution in [0.2, 0.25) is 4.34 Å². The molecule has 1 aliphatic heterocycles. The van der Waals surface area contributed by atoms with Crippen LogP contribution in [0.15, 0.2) is 12.1 Å². The highest BCUT2D eigenvalue weighted by atomic mass is 35.5. The first kappa shape index (κ1) is 11.9. The average molecular weight is 259 g/mol. The number of thiophene rings is 1.